The molecule has 0 spiro atoms. The third-order valence-electron chi connectivity index (χ3n) is 4.49. The van der Waals surface area contributed by atoms with Crippen LogP contribution in [-0.4, -0.2) is 23.1 Å². The zero-order valence-electron chi connectivity index (χ0n) is 15.7. The van der Waals surface area contributed by atoms with E-state index in [9.17, 15) is 14.9 Å². The number of non-ortho nitro benzene ring substituents is 1. The van der Waals surface area contributed by atoms with Crippen molar-refractivity contribution in [1.29, 1.82) is 0 Å². The first-order valence-corrected chi connectivity index (χ1v) is 9.16. The van der Waals surface area contributed by atoms with Gasteiger partial charge in [0.05, 0.1) is 11.1 Å². The highest BCUT2D eigenvalue weighted by Gasteiger charge is 2.38. The van der Waals surface area contributed by atoms with Crippen LogP contribution in [0.1, 0.15) is 17.2 Å². The molecule has 8 nitrogen and oxygen atoms in total. The molecule has 1 aliphatic heterocycles. The fraction of sp³-hybridized carbons (Fsp3) is 0.0909. The number of nitro groups is 1. The third-order valence-corrected chi connectivity index (χ3v) is 4.49. The van der Waals surface area contributed by atoms with Crippen LogP contribution in [0.4, 0.5) is 5.69 Å². The van der Waals surface area contributed by atoms with E-state index in [2.05, 4.69) is 10.5 Å². The van der Waals surface area contributed by atoms with Crippen molar-refractivity contribution in [1.82, 2.24) is 5.43 Å². The average Bonchev–Trinajstić information content (AvgIpc) is 2.79. The third kappa shape index (κ3) is 4.12. The second-order valence-electron chi connectivity index (χ2n) is 6.52. The molecule has 0 unspecified atom stereocenters. The number of nitrogens with one attached hydrogen (secondary N) is 1. The largest absolute Gasteiger partial charge is 0.477 e. The maximum atomic E-state index is 12.8. The highest BCUT2D eigenvalue weighted by atomic mass is 16.6. The minimum atomic E-state index is -0.968. The molecule has 3 aromatic rings. The van der Waals surface area contributed by atoms with Gasteiger partial charge in [0.1, 0.15) is 0 Å². The van der Waals surface area contributed by atoms with E-state index in [-0.39, 0.29) is 5.69 Å². The van der Waals surface area contributed by atoms with E-state index in [0.717, 1.165) is 5.56 Å². The second kappa shape index (κ2) is 8.44. The van der Waals surface area contributed by atoms with Crippen molar-refractivity contribution in [3.63, 3.8) is 0 Å². The molecule has 2 atom stereocenters. The van der Waals surface area contributed by atoms with E-state index >= 15 is 0 Å². The van der Waals surface area contributed by atoms with E-state index in [1.54, 1.807) is 30.3 Å². The minimum Gasteiger partial charge on any atom is -0.477 e. The molecule has 4 rings (SSSR count). The molecule has 0 aliphatic carbocycles. The molecular formula is C22H17N3O5. The zero-order chi connectivity index (χ0) is 20.9. The molecule has 1 N–H and O–H groups in total. The number of hydrazone groups is 1. The van der Waals surface area contributed by atoms with Gasteiger partial charge in [-0.2, -0.15) is 5.10 Å². The topological polar surface area (TPSA) is 103 Å². The Morgan fingerprint density at radius 2 is 1.67 bits per heavy atom. The van der Waals surface area contributed by atoms with E-state index < -0.39 is 23.0 Å². The Kier molecular flexibility index (Phi) is 5.38. The monoisotopic (exact) mass is 403 g/mol. The van der Waals surface area contributed by atoms with Crippen LogP contribution >= 0.6 is 0 Å². The number of rotatable bonds is 5. The number of ether oxygens (including phenoxy) is 2. The van der Waals surface area contributed by atoms with Crippen molar-refractivity contribution in [3.8, 4) is 11.5 Å². The average molecular weight is 403 g/mol. The summed E-state index contributed by atoms with van der Waals surface area (Å²) in [5.74, 6) is 0.517. The minimum absolute atomic E-state index is 0.0601. The van der Waals surface area contributed by atoms with E-state index in [1.807, 2.05) is 36.4 Å². The van der Waals surface area contributed by atoms with Crippen LogP contribution in [0.2, 0.25) is 0 Å². The molecule has 30 heavy (non-hydrogen) atoms. The molecule has 150 valence electrons. The summed E-state index contributed by atoms with van der Waals surface area (Å²) >= 11 is 0. The Morgan fingerprint density at radius 3 is 2.40 bits per heavy atom. The Balaban J connectivity index is 1.53. The van der Waals surface area contributed by atoms with Crippen LogP contribution in [0, 0.1) is 10.1 Å². The molecular weight excluding hydrogens is 386 g/mol. The van der Waals surface area contributed by atoms with Crippen LogP contribution in [0.25, 0.3) is 0 Å². The van der Waals surface area contributed by atoms with Crippen molar-refractivity contribution in [2.45, 2.75) is 12.2 Å². The standard InChI is InChI=1S/C22H17N3O5/c26-22(24-23-14-15-7-6-10-17(13-15)25(27)28)21-20(16-8-2-1-3-9-16)29-18-11-4-5-12-19(18)30-21/h1-14,20-21H,(H,24,26)/b23-14-/t20-,21+/m1/s1. The number of carbonyl (C=O) groups excluding carboxylic acids is 1. The number of nitro benzene ring substituents is 1. The van der Waals surface area contributed by atoms with Gasteiger partial charge in [0, 0.05) is 17.7 Å². The van der Waals surface area contributed by atoms with Gasteiger partial charge >= 0.3 is 0 Å². The lowest BCUT2D eigenvalue weighted by Crippen LogP contribution is -2.44. The number of hydrogen-bond donors (Lipinski definition) is 1. The van der Waals surface area contributed by atoms with Crippen LogP contribution < -0.4 is 14.9 Å². The SMILES string of the molecule is O=C(N/N=C\c1cccc([N+](=O)[O-])c1)[C@H]1Oc2ccccc2O[C@@H]1c1ccccc1. The Morgan fingerprint density at radius 1 is 0.967 bits per heavy atom. The Labute approximate surface area is 171 Å². The van der Waals surface area contributed by atoms with Gasteiger partial charge in [-0.05, 0) is 17.7 Å². The van der Waals surface area contributed by atoms with Crippen molar-refractivity contribution in [2.75, 3.05) is 0 Å². The van der Waals surface area contributed by atoms with Gasteiger partial charge < -0.3 is 9.47 Å². The summed E-state index contributed by atoms with van der Waals surface area (Å²) in [5.41, 5.74) is 3.64. The van der Waals surface area contributed by atoms with Crippen molar-refractivity contribution in [2.24, 2.45) is 5.10 Å². The van der Waals surface area contributed by atoms with Gasteiger partial charge in [0.25, 0.3) is 11.6 Å². The molecule has 0 aromatic heterocycles. The predicted molar refractivity (Wildman–Crippen MR) is 110 cm³/mol. The highest BCUT2D eigenvalue weighted by Crippen LogP contribution is 2.39. The quantitative estimate of drug-likeness (QED) is 0.398. The molecule has 8 heteroatoms. The molecule has 0 saturated carbocycles. The lowest BCUT2D eigenvalue weighted by atomic mass is 10.0. The molecule has 0 fully saturated rings. The molecule has 0 radical (unpaired) electrons. The summed E-state index contributed by atoms with van der Waals surface area (Å²) in [6, 6.07) is 22.3. The molecule has 3 aromatic carbocycles. The smallest absolute Gasteiger partial charge is 0.285 e. The van der Waals surface area contributed by atoms with Gasteiger partial charge in [0.2, 0.25) is 6.10 Å². The number of fused-ring (bicyclic) bond motifs is 1. The van der Waals surface area contributed by atoms with Crippen LogP contribution in [0.5, 0.6) is 11.5 Å². The molecule has 0 saturated heterocycles. The van der Waals surface area contributed by atoms with Gasteiger partial charge in [0.15, 0.2) is 17.6 Å². The molecule has 1 amide bonds. The van der Waals surface area contributed by atoms with E-state index in [0.29, 0.717) is 17.1 Å². The van der Waals surface area contributed by atoms with E-state index in [4.69, 9.17) is 9.47 Å². The summed E-state index contributed by atoms with van der Waals surface area (Å²) < 4.78 is 12.0. The van der Waals surface area contributed by atoms with Crippen molar-refractivity contribution in [3.05, 3.63) is 100 Å². The number of benzene rings is 3. The normalized spacial score (nSPS) is 17.5. The lowest BCUT2D eigenvalue weighted by molar-refractivity contribution is -0.384. The fourth-order valence-electron chi connectivity index (χ4n) is 3.07. The molecule has 1 heterocycles. The fourth-order valence-corrected chi connectivity index (χ4v) is 3.07. The molecule has 1 aliphatic rings. The van der Waals surface area contributed by atoms with Crippen LogP contribution in [0.3, 0.4) is 0 Å². The second-order valence-corrected chi connectivity index (χ2v) is 6.52. The summed E-state index contributed by atoms with van der Waals surface area (Å²) in [6.45, 7) is 0. The summed E-state index contributed by atoms with van der Waals surface area (Å²) in [4.78, 5) is 23.2. The number of para-hydroxylation sites is 2. The van der Waals surface area contributed by atoms with Crippen LogP contribution in [0.15, 0.2) is 84.0 Å². The Hall–Kier alpha value is -4.20. The van der Waals surface area contributed by atoms with Gasteiger partial charge in [-0.25, -0.2) is 5.43 Å². The lowest BCUT2D eigenvalue weighted by Gasteiger charge is -2.32. The summed E-state index contributed by atoms with van der Waals surface area (Å²) in [7, 11) is 0. The van der Waals surface area contributed by atoms with E-state index in [1.165, 1.54) is 18.3 Å². The number of hydrogen-bond acceptors (Lipinski definition) is 6. The molecule has 0 bridgehead atoms. The van der Waals surface area contributed by atoms with Crippen LogP contribution in [-0.2, 0) is 4.79 Å². The number of carbonyl (C=O) groups is 1. The first-order valence-electron chi connectivity index (χ1n) is 9.16. The number of nitrogens with zero attached hydrogens (tertiary/aromatic N) is 2. The van der Waals surface area contributed by atoms with Crippen molar-refractivity contribution >= 4 is 17.8 Å². The maximum absolute atomic E-state index is 12.8. The first-order chi connectivity index (χ1) is 14.6. The van der Waals surface area contributed by atoms with Gasteiger partial charge in [-0.1, -0.05) is 54.6 Å². The zero-order valence-corrected chi connectivity index (χ0v) is 15.7. The van der Waals surface area contributed by atoms with Gasteiger partial charge in [-0.3, -0.25) is 14.9 Å². The predicted octanol–water partition coefficient (Wildman–Crippen LogP) is 3.63. The Bertz CT molecular complexity index is 1100. The first kappa shape index (κ1) is 19.1. The van der Waals surface area contributed by atoms with Gasteiger partial charge in [-0.15, -0.1) is 0 Å². The number of amides is 1. The van der Waals surface area contributed by atoms with Crippen molar-refractivity contribution < 1.29 is 19.2 Å². The summed E-state index contributed by atoms with van der Waals surface area (Å²) in [5, 5.41) is 14.8. The highest BCUT2D eigenvalue weighted by molar-refractivity contribution is 5.85. The summed E-state index contributed by atoms with van der Waals surface area (Å²) in [6.07, 6.45) is -0.293. The maximum Gasteiger partial charge on any atom is 0.285 e.